The number of amides is 1. The zero-order chi connectivity index (χ0) is 16.8. The maximum absolute atomic E-state index is 11.9. The second-order valence-electron chi connectivity index (χ2n) is 5.31. The van der Waals surface area contributed by atoms with Crippen molar-refractivity contribution in [1.29, 1.82) is 0 Å². The first kappa shape index (κ1) is 17.0. The number of halogens is 1. The lowest BCUT2D eigenvalue weighted by Crippen LogP contribution is -2.23. The molecule has 0 fully saturated rings. The molecule has 0 aromatic heterocycles. The Bertz CT molecular complexity index is 706. The Balaban J connectivity index is 1.41. The highest BCUT2D eigenvalue weighted by Crippen LogP contribution is 2.30. The molecule has 0 atom stereocenters. The smallest absolute Gasteiger partial charge is 0.221 e. The quantitative estimate of drug-likeness (QED) is 0.790. The van der Waals surface area contributed by atoms with Crippen molar-refractivity contribution in [1.82, 2.24) is 5.32 Å². The van der Waals surface area contributed by atoms with Crippen LogP contribution in [-0.2, 0) is 11.3 Å². The van der Waals surface area contributed by atoms with E-state index in [2.05, 4.69) is 5.32 Å². The predicted octanol–water partition coefficient (Wildman–Crippen LogP) is 3.91. The summed E-state index contributed by atoms with van der Waals surface area (Å²) in [5, 5.41) is 3.65. The van der Waals surface area contributed by atoms with Gasteiger partial charge in [0.1, 0.15) is 13.2 Å². The predicted molar refractivity (Wildman–Crippen MR) is 96.1 cm³/mol. The number of benzene rings is 2. The Hall–Kier alpha value is -1.85. The molecule has 1 aliphatic heterocycles. The van der Waals surface area contributed by atoms with Crippen LogP contribution >= 0.6 is 23.4 Å². The molecule has 24 heavy (non-hydrogen) atoms. The van der Waals surface area contributed by atoms with E-state index in [4.69, 9.17) is 21.1 Å². The van der Waals surface area contributed by atoms with E-state index >= 15 is 0 Å². The molecule has 0 aliphatic carbocycles. The van der Waals surface area contributed by atoms with Crippen molar-refractivity contribution < 1.29 is 14.3 Å². The molecule has 0 unspecified atom stereocenters. The van der Waals surface area contributed by atoms with Gasteiger partial charge in [-0.3, -0.25) is 4.79 Å². The maximum atomic E-state index is 11.9. The molecule has 2 aromatic carbocycles. The Morgan fingerprint density at radius 1 is 1.08 bits per heavy atom. The van der Waals surface area contributed by atoms with Gasteiger partial charge in [0.2, 0.25) is 5.91 Å². The molecule has 0 bridgehead atoms. The summed E-state index contributed by atoms with van der Waals surface area (Å²) in [5.74, 6) is 2.27. The summed E-state index contributed by atoms with van der Waals surface area (Å²) < 4.78 is 11.0. The minimum absolute atomic E-state index is 0.0337. The van der Waals surface area contributed by atoms with Gasteiger partial charge in [0.15, 0.2) is 11.5 Å². The highest BCUT2D eigenvalue weighted by Gasteiger charge is 2.12. The van der Waals surface area contributed by atoms with Crippen molar-refractivity contribution in [3.8, 4) is 11.5 Å². The van der Waals surface area contributed by atoms with Crippen molar-refractivity contribution in [2.24, 2.45) is 0 Å². The monoisotopic (exact) mass is 363 g/mol. The summed E-state index contributed by atoms with van der Waals surface area (Å²) in [6.45, 7) is 1.63. The molecule has 4 nitrogen and oxygen atoms in total. The lowest BCUT2D eigenvalue weighted by molar-refractivity contribution is -0.120. The van der Waals surface area contributed by atoms with Crippen molar-refractivity contribution >= 4 is 29.3 Å². The van der Waals surface area contributed by atoms with Crippen LogP contribution in [0.4, 0.5) is 0 Å². The third-order valence-electron chi connectivity index (χ3n) is 3.51. The number of fused-ring (bicyclic) bond motifs is 1. The summed E-state index contributed by atoms with van der Waals surface area (Å²) >= 11 is 7.49. The van der Waals surface area contributed by atoms with Crippen LogP contribution in [0.1, 0.15) is 12.0 Å². The van der Waals surface area contributed by atoms with Crippen molar-refractivity contribution in [3.63, 3.8) is 0 Å². The molecular formula is C18H18ClNO3S. The molecule has 2 aromatic rings. The van der Waals surface area contributed by atoms with Gasteiger partial charge in [0.05, 0.1) is 0 Å². The Morgan fingerprint density at radius 3 is 2.62 bits per heavy atom. The van der Waals surface area contributed by atoms with Gasteiger partial charge in [-0.05, 0) is 42.0 Å². The topological polar surface area (TPSA) is 47.6 Å². The molecule has 3 rings (SSSR count). The van der Waals surface area contributed by atoms with Crippen LogP contribution in [0.25, 0.3) is 0 Å². The second-order valence-corrected chi connectivity index (χ2v) is 6.91. The molecule has 0 saturated carbocycles. The zero-order valence-electron chi connectivity index (χ0n) is 13.1. The molecule has 0 radical (unpaired) electrons. The summed E-state index contributed by atoms with van der Waals surface area (Å²) in [6.07, 6.45) is 0.470. The van der Waals surface area contributed by atoms with Crippen LogP contribution < -0.4 is 14.8 Å². The average Bonchev–Trinajstić information content (AvgIpc) is 2.61. The van der Waals surface area contributed by atoms with Crippen LogP contribution in [0.3, 0.4) is 0 Å². The summed E-state index contributed by atoms with van der Waals surface area (Å²) in [6, 6.07) is 13.4. The molecule has 0 saturated heterocycles. The van der Waals surface area contributed by atoms with E-state index in [-0.39, 0.29) is 5.91 Å². The minimum atomic E-state index is 0.0337. The Labute approximate surface area is 150 Å². The van der Waals surface area contributed by atoms with Gasteiger partial charge in [0.25, 0.3) is 0 Å². The van der Waals surface area contributed by atoms with E-state index in [1.807, 2.05) is 42.5 Å². The van der Waals surface area contributed by atoms with Gasteiger partial charge in [-0.1, -0.05) is 17.7 Å². The van der Waals surface area contributed by atoms with Gasteiger partial charge in [0, 0.05) is 28.6 Å². The fraction of sp³-hybridized carbons (Fsp3) is 0.278. The molecule has 6 heteroatoms. The van der Waals surface area contributed by atoms with E-state index in [9.17, 15) is 4.79 Å². The number of ether oxygens (including phenoxy) is 2. The fourth-order valence-electron chi connectivity index (χ4n) is 2.28. The molecule has 126 valence electrons. The maximum Gasteiger partial charge on any atom is 0.221 e. The molecule has 1 amide bonds. The van der Waals surface area contributed by atoms with Crippen molar-refractivity contribution in [3.05, 3.63) is 53.1 Å². The lowest BCUT2D eigenvalue weighted by atomic mass is 10.2. The first-order chi connectivity index (χ1) is 11.7. The van der Waals surface area contributed by atoms with E-state index < -0.39 is 0 Å². The van der Waals surface area contributed by atoms with Crippen LogP contribution in [0, 0.1) is 0 Å². The SMILES string of the molecule is O=C(CCSc1ccc(Cl)cc1)NCc1ccc2c(c1)OCCO2. The van der Waals surface area contributed by atoms with E-state index in [1.165, 1.54) is 0 Å². The standard InChI is InChI=1S/C18H18ClNO3S/c19-14-2-4-15(5-3-14)24-10-7-18(21)20-12-13-1-6-16-17(11-13)23-9-8-22-16/h1-6,11H,7-10,12H2,(H,20,21). The first-order valence-electron chi connectivity index (χ1n) is 7.74. The molecular weight excluding hydrogens is 346 g/mol. The highest BCUT2D eigenvalue weighted by molar-refractivity contribution is 7.99. The Kier molecular flexibility index (Phi) is 5.88. The Morgan fingerprint density at radius 2 is 1.83 bits per heavy atom. The third kappa shape index (κ3) is 4.82. The van der Waals surface area contributed by atoms with Crippen LogP contribution in [0.5, 0.6) is 11.5 Å². The number of carbonyl (C=O) groups is 1. The van der Waals surface area contributed by atoms with E-state index in [1.54, 1.807) is 11.8 Å². The van der Waals surface area contributed by atoms with Gasteiger partial charge in [-0.25, -0.2) is 0 Å². The fourth-order valence-corrected chi connectivity index (χ4v) is 3.26. The second kappa shape index (κ2) is 8.31. The number of hydrogen-bond donors (Lipinski definition) is 1. The van der Waals surface area contributed by atoms with E-state index in [0.29, 0.717) is 26.2 Å². The molecule has 0 spiro atoms. The number of rotatable bonds is 6. The van der Waals surface area contributed by atoms with E-state index in [0.717, 1.165) is 32.7 Å². The molecule has 1 heterocycles. The first-order valence-corrected chi connectivity index (χ1v) is 9.11. The third-order valence-corrected chi connectivity index (χ3v) is 4.77. The number of thioether (sulfide) groups is 1. The largest absolute Gasteiger partial charge is 0.486 e. The normalized spacial score (nSPS) is 12.7. The zero-order valence-corrected chi connectivity index (χ0v) is 14.7. The lowest BCUT2D eigenvalue weighted by Gasteiger charge is -2.19. The molecule has 1 N–H and O–H groups in total. The van der Waals surface area contributed by atoms with Gasteiger partial charge in [-0.2, -0.15) is 0 Å². The van der Waals surface area contributed by atoms with Gasteiger partial charge >= 0.3 is 0 Å². The minimum Gasteiger partial charge on any atom is -0.486 e. The van der Waals surface area contributed by atoms with Crippen molar-refractivity contribution in [2.75, 3.05) is 19.0 Å². The summed E-state index contributed by atoms with van der Waals surface area (Å²) in [5.41, 5.74) is 0.998. The van der Waals surface area contributed by atoms with Crippen LogP contribution in [0.15, 0.2) is 47.4 Å². The summed E-state index contributed by atoms with van der Waals surface area (Å²) in [4.78, 5) is 13.1. The summed E-state index contributed by atoms with van der Waals surface area (Å²) in [7, 11) is 0. The van der Waals surface area contributed by atoms with Gasteiger partial charge < -0.3 is 14.8 Å². The van der Waals surface area contributed by atoms with Crippen LogP contribution in [0.2, 0.25) is 5.02 Å². The van der Waals surface area contributed by atoms with Crippen molar-refractivity contribution in [2.45, 2.75) is 17.9 Å². The number of carbonyl (C=O) groups excluding carboxylic acids is 1. The highest BCUT2D eigenvalue weighted by atomic mass is 35.5. The number of hydrogen-bond acceptors (Lipinski definition) is 4. The number of nitrogens with one attached hydrogen (secondary N) is 1. The van der Waals surface area contributed by atoms with Crippen LogP contribution in [-0.4, -0.2) is 24.9 Å². The average molecular weight is 364 g/mol. The van der Waals surface area contributed by atoms with Gasteiger partial charge in [-0.15, -0.1) is 11.8 Å². The molecule has 1 aliphatic rings.